The molecule has 0 spiro atoms. The van der Waals surface area contributed by atoms with Crippen molar-refractivity contribution in [1.29, 1.82) is 0 Å². The molecule has 0 aromatic carbocycles. The predicted octanol–water partition coefficient (Wildman–Crippen LogP) is 2.56. The van der Waals surface area contributed by atoms with Crippen molar-refractivity contribution in [2.75, 3.05) is 12.3 Å². The standard InChI is InChI=1S/C15H26N4O2/c1-5-6-8-19-13(16)11-10-18(9-7-12(11)17-19)14(20)21-15(2,3)4/h5-10,16H2,1-4H3. The van der Waals surface area contributed by atoms with Gasteiger partial charge in [0.25, 0.3) is 0 Å². The van der Waals surface area contributed by atoms with Crippen molar-refractivity contribution in [1.82, 2.24) is 14.7 Å². The highest BCUT2D eigenvalue weighted by Crippen LogP contribution is 2.25. The largest absolute Gasteiger partial charge is 0.444 e. The van der Waals surface area contributed by atoms with Gasteiger partial charge in [0.05, 0.1) is 12.2 Å². The summed E-state index contributed by atoms with van der Waals surface area (Å²) in [5.74, 6) is 0.687. The van der Waals surface area contributed by atoms with Gasteiger partial charge in [-0.25, -0.2) is 9.48 Å². The summed E-state index contributed by atoms with van der Waals surface area (Å²) >= 11 is 0. The first kappa shape index (κ1) is 15.7. The maximum absolute atomic E-state index is 12.1. The summed E-state index contributed by atoms with van der Waals surface area (Å²) < 4.78 is 7.29. The highest BCUT2D eigenvalue weighted by molar-refractivity contribution is 5.69. The first-order valence-corrected chi connectivity index (χ1v) is 7.63. The number of hydrogen-bond donors (Lipinski definition) is 1. The lowest BCUT2D eigenvalue weighted by molar-refractivity contribution is 0.0224. The number of amides is 1. The molecule has 0 unspecified atom stereocenters. The number of rotatable bonds is 3. The Morgan fingerprint density at radius 1 is 1.43 bits per heavy atom. The van der Waals surface area contributed by atoms with E-state index >= 15 is 0 Å². The number of ether oxygens (including phenoxy) is 1. The Hall–Kier alpha value is -1.72. The van der Waals surface area contributed by atoms with E-state index < -0.39 is 5.60 Å². The summed E-state index contributed by atoms with van der Waals surface area (Å²) in [6.07, 6.45) is 2.61. The summed E-state index contributed by atoms with van der Waals surface area (Å²) in [6, 6.07) is 0. The maximum Gasteiger partial charge on any atom is 0.410 e. The lowest BCUT2D eigenvalue weighted by atomic mass is 10.1. The number of fused-ring (bicyclic) bond motifs is 1. The fourth-order valence-electron chi connectivity index (χ4n) is 2.41. The molecule has 118 valence electrons. The number of nitrogens with zero attached hydrogens (tertiary/aromatic N) is 3. The lowest BCUT2D eigenvalue weighted by Crippen LogP contribution is -2.39. The second-order valence-corrected chi connectivity index (χ2v) is 6.54. The SMILES string of the molecule is CCCCn1nc2c(c1N)CN(C(=O)OC(C)(C)C)CC2. The summed E-state index contributed by atoms with van der Waals surface area (Å²) in [6.45, 7) is 9.71. The molecule has 2 rings (SSSR count). The van der Waals surface area contributed by atoms with E-state index in [1.165, 1.54) is 0 Å². The zero-order valence-electron chi connectivity index (χ0n) is 13.5. The third kappa shape index (κ3) is 3.68. The summed E-state index contributed by atoms with van der Waals surface area (Å²) in [5.41, 5.74) is 7.69. The van der Waals surface area contributed by atoms with Crippen molar-refractivity contribution in [3.05, 3.63) is 11.3 Å². The number of carbonyl (C=O) groups excluding carboxylic acids is 1. The van der Waals surface area contributed by atoms with Gasteiger partial charge in [-0.05, 0) is 27.2 Å². The minimum Gasteiger partial charge on any atom is -0.444 e. The van der Waals surface area contributed by atoms with Gasteiger partial charge in [-0.2, -0.15) is 5.10 Å². The molecule has 6 nitrogen and oxygen atoms in total. The van der Waals surface area contributed by atoms with Crippen molar-refractivity contribution < 1.29 is 9.53 Å². The highest BCUT2D eigenvalue weighted by atomic mass is 16.6. The first-order chi connectivity index (χ1) is 9.81. The van der Waals surface area contributed by atoms with Gasteiger partial charge in [0.2, 0.25) is 0 Å². The Morgan fingerprint density at radius 3 is 2.76 bits per heavy atom. The number of aromatic nitrogens is 2. The molecule has 21 heavy (non-hydrogen) atoms. The van der Waals surface area contributed by atoms with Gasteiger partial charge in [-0.3, -0.25) is 0 Å². The summed E-state index contributed by atoms with van der Waals surface area (Å²) in [4.78, 5) is 13.9. The van der Waals surface area contributed by atoms with Crippen LogP contribution in [0, 0.1) is 0 Å². The maximum atomic E-state index is 12.1. The van der Waals surface area contributed by atoms with Crippen LogP contribution in [0.2, 0.25) is 0 Å². The third-order valence-electron chi connectivity index (χ3n) is 3.52. The fourth-order valence-corrected chi connectivity index (χ4v) is 2.41. The van der Waals surface area contributed by atoms with Crippen LogP contribution < -0.4 is 5.73 Å². The van der Waals surface area contributed by atoms with E-state index in [0.29, 0.717) is 18.9 Å². The predicted molar refractivity (Wildman–Crippen MR) is 81.9 cm³/mol. The van der Waals surface area contributed by atoms with Gasteiger partial charge in [-0.15, -0.1) is 0 Å². The number of aryl methyl sites for hydroxylation is 1. The zero-order chi connectivity index (χ0) is 15.6. The van der Waals surface area contributed by atoms with E-state index in [1.807, 2.05) is 25.5 Å². The van der Waals surface area contributed by atoms with Gasteiger partial charge in [-0.1, -0.05) is 13.3 Å². The van der Waals surface area contributed by atoms with E-state index in [4.69, 9.17) is 10.5 Å². The normalized spacial score (nSPS) is 15.0. The van der Waals surface area contributed by atoms with Crippen LogP contribution in [0.3, 0.4) is 0 Å². The Morgan fingerprint density at radius 2 is 2.14 bits per heavy atom. The third-order valence-corrected chi connectivity index (χ3v) is 3.52. The Bertz CT molecular complexity index is 516. The van der Waals surface area contributed by atoms with E-state index in [0.717, 1.165) is 37.1 Å². The zero-order valence-corrected chi connectivity index (χ0v) is 13.5. The number of unbranched alkanes of at least 4 members (excludes halogenated alkanes) is 1. The Balaban J connectivity index is 2.09. The molecule has 2 N–H and O–H groups in total. The van der Waals surface area contributed by atoms with Crippen molar-refractivity contribution in [2.45, 2.75) is 65.6 Å². The molecule has 0 fully saturated rings. The second-order valence-electron chi connectivity index (χ2n) is 6.54. The molecule has 0 saturated carbocycles. The molecule has 1 aromatic rings. The molecular formula is C15H26N4O2. The van der Waals surface area contributed by atoms with Crippen LogP contribution in [0.4, 0.5) is 10.6 Å². The second kappa shape index (κ2) is 5.95. The molecular weight excluding hydrogens is 268 g/mol. The molecule has 1 amide bonds. The van der Waals surface area contributed by atoms with Gasteiger partial charge in [0.15, 0.2) is 0 Å². The van der Waals surface area contributed by atoms with E-state index in [9.17, 15) is 4.79 Å². The number of nitrogen functional groups attached to an aromatic ring is 1. The molecule has 0 aliphatic carbocycles. The Labute approximate surface area is 126 Å². The summed E-state index contributed by atoms with van der Waals surface area (Å²) in [5, 5.41) is 4.57. The number of anilines is 1. The lowest BCUT2D eigenvalue weighted by Gasteiger charge is -2.29. The van der Waals surface area contributed by atoms with Gasteiger partial charge in [0, 0.05) is 25.1 Å². The van der Waals surface area contributed by atoms with Crippen molar-refractivity contribution in [3.8, 4) is 0 Å². The monoisotopic (exact) mass is 294 g/mol. The Kier molecular flexibility index (Phi) is 4.44. The molecule has 0 bridgehead atoms. The van der Waals surface area contributed by atoms with Crippen molar-refractivity contribution >= 4 is 11.9 Å². The first-order valence-electron chi connectivity index (χ1n) is 7.63. The summed E-state index contributed by atoms with van der Waals surface area (Å²) in [7, 11) is 0. The molecule has 6 heteroatoms. The van der Waals surface area contributed by atoms with E-state index in [1.54, 1.807) is 4.90 Å². The smallest absolute Gasteiger partial charge is 0.410 e. The van der Waals surface area contributed by atoms with Gasteiger partial charge >= 0.3 is 6.09 Å². The van der Waals surface area contributed by atoms with Crippen molar-refractivity contribution in [2.24, 2.45) is 0 Å². The number of hydrogen-bond acceptors (Lipinski definition) is 4. The quantitative estimate of drug-likeness (QED) is 0.929. The van der Waals surface area contributed by atoms with Crippen LogP contribution >= 0.6 is 0 Å². The molecule has 1 aliphatic heterocycles. The van der Waals surface area contributed by atoms with E-state index in [-0.39, 0.29) is 6.09 Å². The number of nitrogens with two attached hydrogens (primary N) is 1. The molecule has 2 heterocycles. The molecule has 1 aliphatic rings. The van der Waals surface area contributed by atoms with Gasteiger partial charge in [0.1, 0.15) is 11.4 Å². The van der Waals surface area contributed by atoms with Crippen LogP contribution in [-0.4, -0.2) is 32.9 Å². The molecule has 0 saturated heterocycles. The van der Waals surface area contributed by atoms with Gasteiger partial charge < -0.3 is 15.4 Å². The average Bonchev–Trinajstić information content (AvgIpc) is 2.71. The van der Waals surface area contributed by atoms with Crippen LogP contribution in [0.25, 0.3) is 0 Å². The number of carbonyl (C=O) groups is 1. The molecule has 0 atom stereocenters. The van der Waals surface area contributed by atoms with Crippen LogP contribution in [0.15, 0.2) is 0 Å². The van der Waals surface area contributed by atoms with Crippen LogP contribution in [0.5, 0.6) is 0 Å². The average molecular weight is 294 g/mol. The molecule has 1 aromatic heterocycles. The minimum atomic E-state index is -0.478. The van der Waals surface area contributed by atoms with Crippen LogP contribution in [-0.2, 0) is 24.2 Å². The van der Waals surface area contributed by atoms with Crippen LogP contribution in [0.1, 0.15) is 51.8 Å². The topological polar surface area (TPSA) is 73.4 Å². The highest BCUT2D eigenvalue weighted by Gasteiger charge is 2.29. The van der Waals surface area contributed by atoms with E-state index in [2.05, 4.69) is 12.0 Å². The molecule has 0 radical (unpaired) electrons. The van der Waals surface area contributed by atoms with Crippen molar-refractivity contribution in [3.63, 3.8) is 0 Å². The minimum absolute atomic E-state index is 0.283. The fraction of sp³-hybridized carbons (Fsp3) is 0.733.